The second-order valence-electron chi connectivity index (χ2n) is 5.87. The first-order chi connectivity index (χ1) is 11.6. The Morgan fingerprint density at radius 3 is 1.83 bits per heavy atom. The first kappa shape index (κ1) is 16.2. The largest absolute Gasteiger partial charge is 0.469 e. The number of benzene rings is 2. The Bertz CT molecular complexity index is 748. The summed E-state index contributed by atoms with van der Waals surface area (Å²) < 4.78 is 10.2. The van der Waals surface area contributed by atoms with Crippen molar-refractivity contribution in [2.75, 3.05) is 14.2 Å². The van der Waals surface area contributed by atoms with Crippen LogP contribution < -0.4 is 0 Å². The molecule has 0 fully saturated rings. The molecule has 1 unspecified atom stereocenters. The Labute approximate surface area is 141 Å². The van der Waals surface area contributed by atoms with Crippen LogP contribution in [-0.2, 0) is 24.5 Å². The molecule has 0 radical (unpaired) electrons. The van der Waals surface area contributed by atoms with Gasteiger partial charge in [0.25, 0.3) is 0 Å². The minimum atomic E-state index is -1.18. The third kappa shape index (κ3) is 1.99. The first-order valence-corrected chi connectivity index (χ1v) is 7.98. The Morgan fingerprint density at radius 2 is 1.42 bits per heavy atom. The Kier molecular flexibility index (Phi) is 4.14. The van der Waals surface area contributed by atoms with Crippen LogP contribution in [-0.4, -0.2) is 26.2 Å². The molecular weight excluding hydrogens is 304 g/mol. The van der Waals surface area contributed by atoms with Crippen LogP contribution in [0.4, 0.5) is 0 Å². The molecular formula is C20H20O4. The van der Waals surface area contributed by atoms with Crippen molar-refractivity contribution in [3.8, 4) is 11.1 Å². The van der Waals surface area contributed by atoms with Crippen molar-refractivity contribution in [2.45, 2.75) is 18.8 Å². The quantitative estimate of drug-likeness (QED) is 0.810. The zero-order valence-electron chi connectivity index (χ0n) is 14.0. The molecule has 2 aromatic carbocycles. The Morgan fingerprint density at radius 1 is 0.917 bits per heavy atom. The number of rotatable bonds is 4. The molecule has 0 heterocycles. The van der Waals surface area contributed by atoms with Crippen LogP contribution in [0.1, 0.15) is 24.5 Å². The molecule has 1 atom stereocenters. The van der Waals surface area contributed by atoms with Crippen LogP contribution in [0, 0.1) is 5.92 Å². The van der Waals surface area contributed by atoms with Gasteiger partial charge in [-0.2, -0.15) is 0 Å². The summed E-state index contributed by atoms with van der Waals surface area (Å²) in [7, 11) is 2.71. The van der Waals surface area contributed by atoms with Crippen LogP contribution in [0.15, 0.2) is 48.5 Å². The summed E-state index contributed by atoms with van der Waals surface area (Å²) in [6.07, 6.45) is 0.463. The molecule has 0 saturated heterocycles. The van der Waals surface area contributed by atoms with Gasteiger partial charge in [0.2, 0.25) is 0 Å². The van der Waals surface area contributed by atoms with Crippen LogP contribution in [0.5, 0.6) is 0 Å². The lowest BCUT2D eigenvalue weighted by atomic mass is 9.67. The van der Waals surface area contributed by atoms with Crippen LogP contribution >= 0.6 is 0 Å². The van der Waals surface area contributed by atoms with Gasteiger partial charge in [0.15, 0.2) is 0 Å². The molecule has 2 aromatic rings. The lowest BCUT2D eigenvalue weighted by molar-refractivity contribution is -0.158. The fraction of sp³-hybridized carbons (Fsp3) is 0.300. The van der Waals surface area contributed by atoms with Gasteiger partial charge in [0.1, 0.15) is 5.41 Å². The van der Waals surface area contributed by atoms with Gasteiger partial charge in [0, 0.05) is 0 Å². The second-order valence-corrected chi connectivity index (χ2v) is 5.87. The lowest BCUT2D eigenvalue weighted by Gasteiger charge is -2.34. The number of ether oxygens (including phenoxy) is 2. The van der Waals surface area contributed by atoms with E-state index in [0.717, 1.165) is 22.3 Å². The molecule has 4 nitrogen and oxygen atoms in total. The van der Waals surface area contributed by atoms with Crippen LogP contribution in [0.3, 0.4) is 0 Å². The summed E-state index contributed by atoms with van der Waals surface area (Å²) in [5, 5.41) is 0. The maximum atomic E-state index is 13.1. The summed E-state index contributed by atoms with van der Waals surface area (Å²) in [4.78, 5) is 25.6. The highest BCUT2D eigenvalue weighted by Crippen LogP contribution is 2.54. The number of carbonyl (C=O) groups excluding carboxylic acids is 2. The lowest BCUT2D eigenvalue weighted by Crippen LogP contribution is -2.47. The van der Waals surface area contributed by atoms with Gasteiger partial charge in [-0.3, -0.25) is 9.59 Å². The molecule has 0 amide bonds. The molecule has 0 bridgehead atoms. The molecule has 24 heavy (non-hydrogen) atoms. The summed E-state index contributed by atoms with van der Waals surface area (Å²) in [6, 6.07) is 15.4. The van der Waals surface area contributed by atoms with Crippen molar-refractivity contribution in [3.05, 3.63) is 59.7 Å². The van der Waals surface area contributed by atoms with E-state index in [1.807, 2.05) is 55.5 Å². The Balaban J connectivity index is 2.41. The van der Waals surface area contributed by atoms with E-state index in [9.17, 15) is 9.59 Å². The minimum absolute atomic E-state index is 0.408. The third-order valence-corrected chi connectivity index (χ3v) is 4.92. The van der Waals surface area contributed by atoms with Gasteiger partial charge in [-0.1, -0.05) is 55.5 Å². The second kappa shape index (κ2) is 6.11. The van der Waals surface area contributed by atoms with E-state index < -0.39 is 23.3 Å². The zero-order chi connectivity index (χ0) is 17.3. The molecule has 4 heteroatoms. The molecule has 0 spiro atoms. The maximum Gasteiger partial charge on any atom is 0.321 e. The molecule has 1 aliphatic carbocycles. The predicted molar refractivity (Wildman–Crippen MR) is 90.5 cm³/mol. The fourth-order valence-corrected chi connectivity index (χ4v) is 3.96. The van der Waals surface area contributed by atoms with Gasteiger partial charge in [-0.15, -0.1) is 0 Å². The van der Waals surface area contributed by atoms with Crippen molar-refractivity contribution in [1.29, 1.82) is 0 Å². The summed E-state index contributed by atoms with van der Waals surface area (Å²) in [6.45, 7) is 1.88. The van der Waals surface area contributed by atoms with Crippen molar-refractivity contribution >= 4 is 11.9 Å². The van der Waals surface area contributed by atoms with Crippen LogP contribution in [0.25, 0.3) is 11.1 Å². The average Bonchev–Trinajstić information content (AvgIpc) is 2.93. The number of esters is 2. The molecule has 124 valence electrons. The topological polar surface area (TPSA) is 52.6 Å². The fourth-order valence-electron chi connectivity index (χ4n) is 3.96. The highest BCUT2D eigenvalue weighted by Gasteiger charge is 2.57. The monoisotopic (exact) mass is 324 g/mol. The van der Waals surface area contributed by atoms with Crippen molar-refractivity contribution < 1.29 is 19.1 Å². The predicted octanol–water partition coefficient (Wildman–Crippen LogP) is 3.33. The number of hydrogen-bond acceptors (Lipinski definition) is 4. The van der Waals surface area contributed by atoms with Crippen molar-refractivity contribution in [2.24, 2.45) is 5.92 Å². The van der Waals surface area contributed by atoms with E-state index in [2.05, 4.69) is 0 Å². The smallest absolute Gasteiger partial charge is 0.321 e. The van der Waals surface area contributed by atoms with E-state index in [4.69, 9.17) is 9.47 Å². The van der Waals surface area contributed by atoms with Crippen molar-refractivity contribution in [3.63, 3.8) is 0 Å². The third-order valence-electron chi connectivity index (χ3n) is 4.92. The molecule has 0 N–H and O–H groups in total. The van der Waals surface area contributed by atoms with Gasteiger partial charge >= 0.3 is 11.9 Å². The molecule has 0 aliphatic heterocycles. The normalized spacial score (nSPS) is 15.1. The van der Waals surface area contributed by atoms with Gasteiger partial charge in [-0.05, 0) is 28.7 Å². The molecule has 1 aliphatic rings. The number of hydrogen-bond donors (Lipinski definition) is 0. The van der Waals surface area contributed by atoms with E-state index in [0.29, 0.717) is 6.42 Å². The van der Waals surface area contributed by atoms with E-state index in [1.54, 1.807) is 0 Å². The highest BCUT2D eigenvalue weighted by molar-refractivity contribution is 6.01. The standard InChI is InChI=1S/C20H20O4/c1-4-15(18(21)23-2)20(19(22)24-3)16-11-7-5-9-13(16)14-10-6-8-12-17(14)20/h5-12,15H,4H2,1-3H3. The zero-order valence-corrected chi connectivity index (χ0v) is 14.0. The minimum Gasteiger partial charge on any atom is -0.469 e. The van der Waals surface area contributed by atoms with E-state index >= 15 is 0 Å². The number of fused-ring (bicyclic) bond motifs is 3. The summed E-state index contributed by atoms with van der Waals surface area (Å²) >= 11 is 0. The molecule has 0 saturated carbocycles. The van der Waals surface area contributed by atoms with Gasteiger partial charge in [-0.25, -0.2) is 0 Å². The molecule has 3 rings (SSSR count). The van der Waals surface area contributed by atoms with Gasteiger partial charge < -0.3 is 9.47 Å². The number of carbonyl (C=O) groups is 2. The van der Waals surface area contributed by atoms with E-state index in [-0.39, 0.29) is 0 Å². The highest BCUT2D eigenvalue weighted by atomic mass is 16.5. The SMILES string of the molecule is CCC(C(=O)OC)C1(C(=O)OC)c2ccccc2-c2ccccc21. The molecule has 0 aromatic heterocycles. The average molecular weight is 324 g/mol. The van der Waals surface area contributed by atoms with E-state index in [1.165, 1.54) is 14.2 Å². The van der Waals surface area contributed by atoms with Gasteiger partial charge in [0.05, 0.1) is 20.1 Å². The Hall–Kier alpha value is -2.62. The summed E-state index contributed by atoms with van der Waals surface area (Å²) in [5.41, 5.74) is 2.34. The van der Waals surface area contributed by atoms with Crippen LogP contribution in [0.2, 0.25) is 0 Å². The maximum absolute atomic E-state index is 13.1. The van der Waals surface area contributed by atoms with Crippen molar-refractivity contribution in [1.82, 2.24) is 0 Å². The summed E-state index contributed by atoms with van der Waals surface area (Å²) in [5.74, 6) is -1.49. The first-order valence-electron chi connectivity index (χ1n) is 7.98. The number of methoxy groups -OCH3 is 2.